The second-order valence-corrected chi connectivity index (χ2v) is 17.3. The maximum atomic E-state index is 11.8. The quantitative estimate of drug-likeness (QED) is 0.0603. The Labute approximate surface area is 353 Å². The molecule has 56 heavy (non-hydrogen) atoms. The standard InChI is InChI=1S/C26H54N2O.C24H50N2O/c1-4-7-8-9-10-11-12-13-14-15-16-17-18-19-20-21-22-23-26(29)27-24-25-28(5-2)6-3;1-4-5-6-7-8-9-10-11-12-13-14-15-16-17-18-19-20-21-24(27)25-22-23-26(2)3/h4-25H2,1-3H3,(H,27,29);4-23H2,1-3H3,(H,25,27). The van der Waals surface area contributed by atoms with E-state index in [1.807, 2.05) is 14.1 Å². The summed E-state index contributed by atoms with van der Waals surface area (Å²) >= 11 is 0. The first-order valence-corrected chi connectivity index (χ1v) is 25.3. The van der Waals surface area contributed by atoms with E-state index >= 15 is 0 Å². The van der Waals surface area contributed by atoms with Crippen LogP contribution in [0.15, 0.2) is 0 Å². The maximum absolute atomic E-state index is 11.8. The summed E-state index contributed by atoms with van der Waals surface area (Å²) in [5.74, 6) is 0.455. The van der Waals surface area contributed by atoms with Gasteiger partial charge in [-0.15, -0.1) is 0 Å². The van der Waals surface area contributed by atoms with E-state index in [1.165, 1.54) is 205 Å². The lowest BCUT2D eigenvalue weighted by atomic mass is 10.0. The van der Waals surface area contributed by atoms with E-state index in [-0.39, 0.29) is 11.8 Å². The number of carbonyl (C=O) groups is 2. The number of amides is 2. The van der Waals surface area contributed by atoms with Crippen LogP contribution in [-0.2, 0) is 9.59 Å². The number of hydrogen-bond donors (Lipinski definition) is 2. The van der Waals surface area contributed by atoms with Crippen LogP contribution in [0.4, 0.5) is 0 Å². The summed E-state index contributed by atoms with van der Waals surface area (Å²) in [7, 11) is 4.06. The molecule has 0 heterocycles. The summed E-state index contributed by atoms with van der Waals surface area (Å²) in [6.45, 7) is 14.5. The molecule has 0 aromatic carbocycles. The van der Waals surface area contributed by atoms with Gasteiger partial charge in [0.2, 0.25) is 11.8 Å². The van der Waals surface area contributed by atoms with Gasteiger partial charge in [0.05, 0.1) is 0 Å². The SMILES string of the molecule is CCCCCCCCCCCCCCCCCCCC(=O)NCCN(C)C.CCCCCCCCCCCCCCCCCCCC(=O)NCCN(CC)CC. The van der Waals surface area contributed by atoms with Gasteiger partial charge in [-0.1, -0.05) is 233 Å². The molecule has 0 aliphatic rings. The second-order valence-electron chi connectivity index (χ2n) is 17.3. The van der Waals surface area contributed by atoms with Crippen LogP contribution in [0.2, 0.25) is 0 Å². The summed E-state index contributed by atoms with van der Waals surface area (Å²) < 4.78 is 0. The van der Waals surface area contributed by atoms with Gasteiger partial charge >= 0.3 is 0 Å². The number of nitrogens with one attached hydrogen (secondary N) is 2. The molecule has 6 nitrogen and oxygen atoms in total. The van der Waals surface area contributed by atoms with Crippen LogP contribution in [0.25, 0.3) is 0 Å². The Morgan fingerprint density at radius 1 is 0.339 bits per heavy atom. The first-order chi connectivity index (χ1) is 27.4. The molecule has 336 valence electrons. The van der Waals surface area contributed by atoms with E-state index < -0.39 is 0 Å². The summed E-state index contributed by atoms with van der Waals surface area (Å²) in [6.07, 6.45) is 48.4. The van der Waals surface area contributed by atoms with Crippen LogP contribution in [0.3, 0.4) is 0 Å². The molecular formula is C50H104N4O2. The largest absolute Gasteiger partial charge is 0.355 e. The smallest absolute Gasteiger partial charge is 0.220 e. The molecule has 2 N–H and O–H groups in total. The Morgan fingerprint density at radius 2 is 0.571 bits per heavy atom. The summed E-state index contributed by atoms with van der Waals surface area (Å²) in [6, 6.07) is 0. The first-order valence-electron chi connectivity index (χ1n) is 25.3. The van der Waals surface area contributed by atoms with Crippen LogP contribution >= 0.6 is 0 Å². The molecule has 0 aromatic rings. The number of likely N-dealkylation sites (N-methyl/N-ethyl adjacent to an activating group) is 2. The van der Waals surface area contributed by atoms with Crippen molar-refractivity contribution in [2.75, 3.05) is 53.4 Å². The predicted octanol–water partition coefficient (Wildman–Crippen LogP) is 14.2. The molecule has 2 amide bonds. The zero-order valence-electron chi connectivity index (χ0n) is 39.4. The highest BCUT2D eigenvalue weighted by Crippen LogP contribution is 2.16. The van der Waals surface area contributed by atoms with E-state index in [0.717, 1.165) is 52.1 Å². The third-order valence-electron chi connectivity index (χ3n) is 11.5. The normalized spacial score (nSPS) is 11.3. The minimum atomic E-state index is 0.220. The van der Waals surface area contributed by atoms with Gasteiger partial charge in [0.1, 0.15) is 0 Å². The fourth-order valence-corrected chi connectivity index (χ4v) is 7.51. The number of nitrogens with zero attached hydrogens (tertiary/aromatic N) is 2. The van der Waals surface area contributed by atoms with Crippen molar-refractivity contribution in [1.29, 1.82) is 0 Å². The van der Waals surface area contributed by atoms with Gasteiger partial charge in [0, 0.05) is 39.0 Å². The Balaban J connectivity index is 0. The maximum Gasteiger partial charge on any atom is 0.220 e. The number of carbonyl (C=O) groups excluding carboxylic acids is 2. The monoisotopic (exact) mass is 793 g/mol. The van der Waals surface area contributed by atoms with Crippen molar-refractivity contribution < 1.29 is 9.59 Å². The van der Waals surface area contributed by atoms with Gasteiger partial charge in [-0.2, -0.15) is 0 Å². The fourth-order valence-electron chi connectivity index (χ4n) is 7.51. The topological polar surface area (TPSA) is 64.7 Å². The minimum absolute atomic E-state index is 0.220. The molecule has 0 aliphatic carbocycles. The number of hydrogen-bond acceptors (Lipinski definition) is 4. The van der Waals surface area contributed by atoms with Crippen molar-refractivity contribution in [3.63, 3.8) is 0 Å². The van der Waals surface area contributed by atoms with Gasteiger partial charge in [-0.25, -0.2) is 0 Å². The Hall–Kier alpha value is -1.14. The lowest BCUT2D eigenvalue weighted by Gasteiger charge is -2.17. The van der Waals surface area contributed by atoms with E-state index in [4.69, 9.17) is 0 Å². The van der Waals surface area contributed by atoms with Gasteiger partial charge < -0.3 is 20.4 Å². The van der Waals surface area contributed by atoms with E-state index in [2.05, 4.69) is 48.1 Å². The van der Waals surface area contributed by atoms with Gasteiger partial charge in [-0.3, -0.25) is 9.59 Å². The molecule has 6 heteroatoms. The molecule has 0 aliphatic heterocycles. The lowest BCUT2D eigenvalue weighted by molar-refractivity contribution is -0.122. The minimum Gasteiger partial charge on any atom is -0.355 e. The van der Waals surface area contributed by atoms with E-state index in [0.29, 0.717) is 12.8 Å². The summed E-state index contributed by atoms with van der Waals surface area (Å²) in [5.41, 5.74) is 0. The van der Waals surface area contributed by atoms with E-state index in [9.17, 15) is 9.59 Å². The highest BCUT2D eigenvalue weighted by molar-refractivity contribution is 5.76. The molecule has 0 rings (SSSR count). The fraction of sp³-hybridized carbons (Fsp3) is 0.960. The van der Waals surface area contributed by atoms with Crippen molar-refractivity contribution in [3.8, 4) is 0 Å². The molecule has 0 unspecified atom stereocenters. The van der Waals surface area contributed by atoms with Crippen LogP contribution in [-0.4, -0.2) is 75.0 Å². The third-order valence-corrected chi connectivity index (χ3v) is 11.5. The Bertz CT molecular complexity index is 757. The van der Waals surface area contributed by atoms with Crippen LogP contribution in [0, 0.1) is 0 Å². The van der Waals surface area contributed by atoms with E-state index in [1.54, 1.807) is 0 Å². The molecule has 0 aromatic heterocycles. The van der Waals surface area contributed by atoms with Crippen LogP contribution in [0.1, 0.15) is 259 Å². The zero-order valence-corrected chi connectivity index (χ0v) is 39.4. The number of rotatable bonds is 44. The van der Waals surface area contributed by atoms with Gasteiger partial charge in [-0.05, 0) is 40.0 Å². The lowest BCUT2D eigenvalue weighted by Crippen LogP contribution is -2.34. The van der Waals surface area contributed by atoms with Crippen molar-refractivity contribution in [1.82, 2.24) is 20.4 Å². The van der Waals surface area contributed by atoms with Crippen molar-refractivity contribution >= 4 is 11.8 Å². The van der Waals surface area contributed by atoms with Gasteiger partial charge in [0.25, 0.3) is 0 Å². The molecule has 0 spiro atoms. The summed E-state index contributed by atoms with van der Waals surface area (Å²) in [5, 5.41) is 6.04. The van der Waals surface area contributed by atoms with Crippen molar-refractivity contribution in [2.24, 2.45) is 0 Å². The average Bonchev–Trinajstić information content (AvgIpc) is 3.19. The third kappa shape index (κ3) is 50.9. The highest BCUT2D eigenvalue weighted by Gasteiger charge is 2.04. The molecule has 0 atom stereocenters. The highest BCUT2D eigenvalue weighted by atomic mass is 16.2. The zero-order chi connectivity index (χ0) is 41.4. The van der Waals surface area contributed by atoms with Crippen LogP contribution < -0.4 is 10.6 Å². The second kappa shape index (κ2) is 50.0. The van der Waals surface area contributed by atoms with Gasteiger partial charge in [0.15, 0.2) is 0 Å². The Kier molecular flexibility index (Phi) is 50.9. The average molecular weight is 793 g/mol. The first kappa shape index (κ1) is 57.0. The van der Waals surface area contributed by atoms with Crippen molar-refractivity contribution in [3.05, 3.63) is 0 Å². The van der Waals surface area contributed by atoms with Crippen molar-refractivity contribution in [2.45, 2.75) is 259 Å². The summed E-state index contributed by atoms with van der Waals surface area (Å²) in [4.78, 5) is 27.9. The molecular weight excluding hydrogens is 689 g/mol. The molecule has 0 radical (unpaired) electrons. The van der Waals surface area contributed by atoms with Crippen LogP contribution in [0.5, 0.6) is 0 Å². The number of unbranched alkanes of at least 4 members (excludes halogenated alkanes) is 32. The molecule has 0 saturated carbocycles. The molecule has 0 saturated heterocycles. The molecule has 0 bridgehead atoms. The molecule has 0 fully saturated rings. The predicted molar refractivity (Wildman–Crippen MR) is 250 cm³/mol. The Morgan fingerprint density at radius 3 is 0.804 bits per heavy atom.